The summed E-state index contributed by atoms with van der Waals surface area (Å²) in [5.41, 5.74) is 6.68. The van der Waals surface area contributed by atoms with Crippen LogP contribution in [-0.2, 0) is 6.42 Å². The average Bonchev–Trinajstić information content (AvgIpc) is 2.68. The average molecular weight is 211 g/mol. The number of hydrogen-bond donors (Lipinski definition) is 2. The molecule has 0 unspecified atom stereocenters. The molecule has 0 aromatic carbocycles. The number of nitrogens with two attached hydrogens (primary N) is 1. The minimum absolute atomic E-state index is 0.688. The van der Waals surface area contributed by atoms with Gasteiger partial charge in [-0.25, -0.2) is 4.98 Å². The lowest BCUT2D eigenvalue weighted by atomic mass is 9.99. The van der Waals surface area contributed by atoms with E-state index in [4.69, 9.17) is 5.73 Å². The van der Waals surface area contributed by atoms with Gasteiger partial charge in [-0.05, 0) is 32.5 Å². The van der Waals surface area contributed by atoms with Crippen molar-refractivity contribution in [2.45, 2.75) is 25.2 Å². The maximum atomic E-state index is 5.50. The van der Waals surface area contributed by atoms with Gasteiger partial charge in [0.05, 0.1) is 10.7 Å². The van der Waals surface area contributed by atoms with Crippen LogP contribution in [0.5, 0.6) is 0 Å². The number of rotatable bonds is 3. The van der Waals surface area contributed by atoms with E-state index in [1.807, 2.05) is 0 Å². The number of piperidine rings is 1. The maximum Gasteiger partial charge on any atom is 0.0960 e. The van der Waals surface area contributed by atoms with E-state index in [0.29, 0.717) is 12.5 Å². The molecular formula is C10H17N3S. The Hall–Kier alpha value is -0.450. The molecule has 2 rings (SSSR count). The zero-order valence-electron chi connectivity index (χ0n) is 8.33. The van der Waals surface area contributed by atoms with Crippen molar-refractivity contribution in [2.24, 2.45) is 5.73 Å². The van der Waals surface area contributed by atoms with Crippen LogP contribution in [0.4, 0.5) is 0 Å². The Kier molecular flexibility index (Phi) is 3.50. The van der Waals surface area contributed by atoms with Crippen LogP contribution in [0.2, 0.25) is 0 Å². The van der Waals surface area contributed by atoms with Crippen LogP contribution < -0.4 is 11.1 Å². The van der Waals surface area contributed by atoms with Crippen LogP contribution in [-0.4, -0.2) is 24.6 Å². The lowest BCUT2D eigenvalue weighted by Crippen LogP contribution is -2.26. The van der Waals surface area contributed by atoms with Crippen LogP contribution >= 0.6 is 11.3 Å². The number of nitrogens with zero attached hydrogens (tertiary/aromatic N) is 1. The summed E-state index contributed by atoms with van der Waals surface area (Å²) in [7, 11) is 0. The minimum Gasteiger partial charge on any atom is -0.330 e. The lowest BCUT2D eigenvalue weighted by Gasteiger charge is -2.20. The molecule has 1 aliphatic heterocycles. The molecule has 0 radical (unpaired) electrons. The van der Waals surface area contributed by atoms with Crippen LogP contribution in [0.3, 0.4) is 0 Å². The highest BCUT2D eigenvalue weighted by Gasteiger charge is 2.17. The first-order chi connectivity index (χ1) is 6.90. The zero-order valence-corrected chi connectivity index (χ0v) is 9.15. The molecule has 0 aliphatic carbocycles. The molecule has 1 fully saturated rings. The first-order valence-corrected chi connectivity index (χ1v) is 6.13. The molecule has 2 heterocycles. The second-order valence-electron chi connectivity index (χ2n) is 3.74. The van der Waals surface area contributed by atoms with E-state index in [1.165, 1.54) is 23.5 Å². The Morgan fingerprint density at radius 2 is 2.29 bits per heavy atom. The van der Waals surface area contributed by atoms with E-state index < -0.39 is 0 Å². The summed E-state index contributed by atoms with van der Waals surface area (Å²) in [4.78, 5) is 4.63. The van der Waals surface area contributed by atoms with Gasteiger partial charge in [0, 0.05) is 17.7 Å². The topological polar surface area (TPSA) is 50.9 Å². The van der Waals surface area contributed by atoms with Gasteiger partial charge in [-0.15, -0.1) is 11.3 Å². The quantitative estimate of drug-likeness (QED) is 0.787. The summed E-state index contributed by atoms with van der Waals surface area (Å²) in [5, 5.41) is 6.85. The molecule has 0 bridgehead atoms. The molecule has 1 aliphatic rings. The smallest absolute Gasteiger partial charge is 0.0960 e. The summed E-state index contributed by atoms with van der Waals surface area (Å²) in [6, 6.07) is 0. The number of aromatic nitrogens is 1. The fourth-order valence-electron chi connectivity index (χ4n) is 1.84. The summed E-state index contributed by atoms with van der Waals surface area (Å²) in [6.07, 6.45) is 3.38. The van der Waals surface area contributed by atoms with Gasteiger partial charge in [-0.1, -0.05) is 0 Å². The van der Waals surface area contributed by atoms with E-state index in [9.17, 15) is 0 Å². The molecule has 4 heteroatoms. The van der Waals surface area contributed by atoms with E-state index in [2.05, 4.69) is 15.7 Å². The summed E-state index contributed by atoms with van der Waals surface area (Å²) in [5.74, 6) is 0.688. The third-order valence-electron chi connectivity index (χ3n) is 2.66. The van der Waals surface area contributed by atoms with Crippen molar-refractivity contribution in [2.75, 3.05) is 19.6 Å². The highest BCUT2D eigenvalue weighted by atomic mass is 32.1. The minimum atomic E-state index is 0.688. The van der Waals surface area contributed by atoms with Gasteiger partial charge in [-0.2, -0.15) is 0 Å². The summed E-state index contributed by atoms with van der Waals surface area (Å²) < 4.78 is 0. The number of hydrogen-bond acceptors (Lipinski definition) is 4. The highest BCUT2D eigenvalue weighted by Crippen LogP contribution is 2.27. The Labute approximate surface area is 88.7 Å². The van der Waals surface area contributed by atoms with Crippen molar-refractivity contribution in [3.63, 3.8) is 0 Å². The fourth-order valence-corrected chi connectivity index (χ4v) is 2.87. The lowest BCUT2D eigenvalue weighted by molar-refractivity contribution is 0.458. The molecule has 14 heavy (non-hydrogen) atoms. The van der Waals surface area contributed by atoms with Gasteiger partial charge in [0.25, 0.3) is 0 Å². The van der Waals surface area contributed by atoms with Gasteiger partial charge in [0.15, 0.2) is 0 Å². The molecule has 0 spiro atoms. The highest BCUT2D eigenvalue weighted by molar-refractivity contribution is 7.09. The largest absolute Gasteiger partial charge is 0.330 e. The van der Waals surface area contributed by atoms with Crippen molar-refractivity contribution >= 4 is 11.3 Å². The first kappa shape index (κ1) is 10.1. The molecule has 0 saturated carbocycles. The van der Waals surface area contributed by atoms with Crippen LogP contribution in [0.1, 0.15) is 29.5 Å². The second kappa shape index (κ2) is 4.87. The van der Waals surface area contributed by atoms with Gasteiger partial charge >= 0.3 is 0 Å². The van der Waals surface area contributed by atoms with Crippen molar-refractivity contribution in [1.82, 2.24) is 10.3 Å². The van der Waals surface area contributed by atoms with E-state index in [0.717, 1.165) is 19.5 Å². The fraction of sp³-hybridized carbons (Fsp3) is 0.700. The molecular weight excluding hydrogens is 194 g/mol. The summed E-state index contributed by atoms with van der Waals surface area (Å²) in [6.45, 7) is 2.97. The molecule has 1 saturated heterocycles. The Morgan fingerprint density at radius 3 is 3.00 bits per heavy atom. The molecule has 78 valence electrons. The monoisotopic (exact) mass is 211 g/mol. The normalized spacial score (nSPS) is 18.6. The SMILES string of the molecule is NCCc1csc(C2CCNCC2)n1. The number of nitrogens with one attached hydrogen (secondary N) is 1. The van der Waals surface area contributed by atoms with Gasteiger partial charge in [0.1, 0.15) is 0 Å². The Morgan fingerprint density at radius 1 is 1.50 bits per heavy atom. The molecule has 3 N–H and O–H groups in total. The van der Waals surface area contributed by atoms with Crippen LogP contribution in [0, 0.1) is 0 Å². The van der Waals surface area contributed by atoms with Gasteiger partial charge < -0.3 is 11.1 Å². The van der Waals surface area contributed by atoms with Crippen molar-refractivity contribution in [1.29, 1.82) is 0 Å². The van der Waals surface area contributed by atoms with Gasteiger partial charge in [0.2, 0.25) is 0 Å². The molecule has 0 atom stereocenters. The van der Waals surface area contributed by atoms with Crippen molar-refractivity contribution in [3.05, 3.63) is 16.1 Å². The van der Waals surface area contributed by atoms with Crippen LogP contribution in [0.15, 0.2) is 5.38 Å². The van der Waals surface area contributed by atoms with Crippen molar-refractivity contribution < 1.29 is 0 Å². The third-order valence-corrected chi connectivity index (χ3v) is 3.71. The Bertz CT molecular complexity index is 279. The van der Waals surface area contributed by atoms with E-state index >= 15 is 0 Å². The molecule has 0 amide bonds. The zero-order chi connectivity index (χ0) is 9.80. The van der Waals surface area contributed by atoms with Gasteiger partial charge in [-0.3, -0.25) is 0 Å². The maximum absolute atomic E-state index is 5.50. The predicted molar refractivity (Wildman–Crippen MR) is 59.7 cm³/mol. The van der Waals surface area contributed by atoms with E-state index in [-0.39, 0.29) is 0 Å². The molecule has 1 aromatic rings. The number of thiazole rings is 1. The van der Waals surface area contributed by atoms with Crippen molar-refractivity contribution in [3.8, 4) is 0 Å². The molecule has 1 aromatic heterocycles. The predicted octanol–water partition coefficient (Wildman–Crippen LogP) is 1.11. The second-order valence-corrected chi connectivity index (χ2v) is 4.63. The third kappa shape index (κ3) is 2.32. The first-order valence-electron chi connectivity index (χ1n) is 5.25. The summed E-state index contributed by atoms with van der Waals surface area (Å²) >= 11 is 1.80. The Balaban J connectivity index is 2.00. The van der Waals surface area contributed by atoms with E-state index in [1.54, 1.807) is 11.3 Å². The standard InChI is InChI=1S/C10H17N3S/c11-4-1-9-7-14-10(13-9)8-2-5-12-6-3-8/h7-8,12H,1-6,11H2. The molecule has 3 nitrogen and oxygen atoms in total. The van der Waals surface area contributed by atoms with Crippen LogP contribution in [0.25, 0.3) is 0 Å².